The normalized spacial score (nSPS) is 19.3. The fraction of sp³-hybridized carbons (Fsp3) is 0.500. The van der Waals surface area contributed by atoms with E-state index in [-0.39, 0.29) is 30.4 Å². The molecule has 30 heavy (non-hydrogen) atoms. The molecule has 160 valence electrons. The SMILES string of the molecule is COc1ccc(C2CC(=O)N(CC(=O)Nc3cc(C)on3)C2)cc1OC1CCCC1. The van der Waals surface area contributed by atoms with Crippen LogP contribution in [0.3, 0.4) is 0 Å². The Morgan fingerprint density at radius 1 is 1.27 bits per heavy atom. The van der Waals surface area contributed by atoms with E-state index in [4.69, 9.17) is 14.0 Å². The Hall–Kier alpha value is -3.03. The van der Waals surface area contributed by atoms with Crippen LogP contribution in [0.1, 0.15) is 49.3 Å². The van der Waals surface area contributed by atoms with Crippen LogP contribution in [-0.2, 0) is 9.59 Å². The van der Waals surface area contributed by atoms with Crippen molar-refractivity contribution >= 4 is 17.6 Å². The summed E-state index contributed by atoms with van der Waals surface area (Å²) in [4.78, 5) is 26.3. The highest BCUT2D eigenvalue weighted by Gasteiger charge is 2.32. The number of ether oxygens (including phenoxy) is 2. The van der Waals surface area contributed by atoms with Gasteiger partial charge in [-0.3, -0.25) is 9.59 Å². The van der Waals surface area contributed by atoms with Crippen molar-refractivity contribution in [3.63, 3.8) is 0 Å². The van der Waals surface area contributed by atoms with Gasteiger partial charge in [-0.25, -0.2) is 0 Å². The lowest BCUT2D eigenvalue weighted by atomic mass is 9.98. The average Bonchev–Trinajstić information content (AvgIpc) is 3.45. The van der Waals surface area contributed by atoms with Gasteiger partial charge < -0.3 is 24.2 Å². The van der Waals surface area contributed by atoms with Crippen molar-refractivity contribution in [2.75, 3.05) is 25.5 Å². The lowest BCUT2D eigenvalue weighted by molar-refractivity contribution is -0.131. The number of likely N-dealkylation sites (tertiary alicyclic amines) is 1. The molecule has 1 aromatic heterocycles. The highest BCUT2D eigenvalue weighted by atomic mass is 16.5. The van der Waals surface area contributed by atoms with Gasteiger partial charge in [-0.05, 0) is 50.3 Å². The molecule has 0 radical (unpaired) electrons. The van der Waals surface area contributed by atoms with Crippen molar-refractivity contribution in [2.24, 2.45) is 0 Å². The minimum Gasteiger partial charge on any atom is -0.493 e. The van der Waals surface area contributed by atoms with Crippen molar-refractivity contribution in [2.45, 2.75) is 51.0 Å². The van der Waals surface area contributed by atoms with Crippen molar-refractivity contribution in [3.05, 3.63) is 35.6 Å². The first-order chi connectivity index (χ1) is 14.5. The molecule has 1 aliphatic heterocycles. The molecule has 2 heterocycles. The van der Waals surface area contributed by atoms with E-state index in [9.17, 15) is 9.59 Å². The van der Waals surface area contributed by atoms with Gasteiger partial charge >= 0.3 is 0 Å². The number of hydrogen-bond acceptors (Lipinski definition) is 6. The molecule has 4 rings (SSSR count). The van der Waals surface area contributed by atoms with Gasteiger partial charge in [-0.15, -0.1) is 0 Å². The molecule has 8 heteroatoms. The van der Waals surface area contributed by atoms with E-state index in [2.05, 4.69) is 10.5 Å². The maximum absolute atomic E-state index is 12.5. The summed E-state index contributed by atoms with van der Waals surface area (Å²) < 4.78 is 16.6. The molecule has 2 aliphatic rings. The molecular formula is C22H27N3O5. The fourth-order valence-corrected chi connectivity index (χ4v) is 4.15. The summed E-state index contributed by atoms with van der Waals surface area (Å²) in [5.74, 6) is 2.07. The van der Waals surface area contributed by atoms with E-state index in [0.717, 1.165) is 24.2 Å². The molecule has 1 saturated carbocycles. The highest BCUT2D eigenvalue weighted by Crippen LogP contribution is 2.37. The van der Waals surface area contributed by atoms with Crippen LogP contribution in [0.15, 0.2) is 28.8 Å². The first-order valence-electron chi connectivity index (χ1n) is 10.4. The van der Waals surface area contributed by atoms with Crippen molar-refractivity contribution in [1.82, 2.24) is 10.1 Å². The monoisotopic (exact) mass is 413 g/mol. The number of benzene rings is 1. The molecule has 1 atom stereocenters. The predicted octanol–water partition coefficient (Wildman–Crippen LogP) is 3.27. The first-order valence-corrected chi connectivity index (χ1v) is 10.4. The van der Waals surface area contributed by atoms with Crippen LogP contribution in [0.5, 0.6) is 11.5 Å². The molecule has 1 N–H and O–H groups in total. The minimum atomic E-state index is -0.294. The summed E-state index contributed by atoms with van der Waals surface area (Å²) >= 11 is 0. The maximum atomic E-state index is 12.5. The molecule has 2 amide bonds. The third-order valence-electron chi connectivity index (χ3n) is 5.70. The van der Waals surface area contributed by atoms with Crippen LogP contribution in [0, 0.1) is 6.92 Å². The Balaban J connectivity index is 1.40. The van der Waals surface area contributed by atoms with Crippen LogP contribution in [-0.4, -0.2) is 48.2 Å². The molecule has 1 unspecified atom stereocenters. The molecule has 2 fully saturated rings. The second kappa shape index (κ2) is 8.77. The first kappa shape index (κ1) is 20.3. The van der Waals surface area contributed by atoms with Gasteiger partial charge in [-0.1, -0.05) is 11.2 Å². The Morgan fingerprint density at radius 3 is 2.77 bits per heavy atom. The Labute approximate surface area is 175 Å². The highest BCUT2D eigenvalue weighted by molar-refractivity contribution is 5.94. The number of anilines is 1. The number of aryl methyl sites for hydroxylation is 1. The number of hydrogen-bond donors (Lipinski definition) is 1. The maximum Gasteiger partial charge on any atom is 0.245 e. The number of nitrogens with one attached hydrogen (secondary N) is 1. The van der Waals surface area contributed by atoms with Crippen molar-refractivity contribution in [1.29, 1.82) is 0 Å². The van der Waals surface area contributed by atoms with E-state index >= 15 is 0 Å². The number of amides is 2. The molecule has 0 spiro atoms. The fourth-order valence-electron chi connectivity index (χ4n) is 4.15. The number of carbonyl (C=O) groups is 2. The summed E-state index contributed by atoms with van der Waals surface area (Å²) in [7, 11) is 1.63. The molecule has 8 nitrogen and oxygen atoms in total. The third kappa shape index (κ3) is 4.58. The lowest BCUT2D eigenvalue weighted by Crippen LogP contribution is -2.34. The lowest BCUT2D eigenvalue weighted by Gasteiger charge is -2.19. The summed E-state index contributed by atoms with van der Waals surface area (Å²) in [6.45, 7) is 2.22. The number of rotatable bonds is 7. The number of methoxy groups -OCH3 is 1. The van der Waals surface area contributed by atoms with Crippen molar-refractivity contribution in [3.8, 4) is 11.5 Å². The summed E-state index contributed by atoms with van der Waals surface area (Å²) in [5.41, 5.74) is 1.02. The van der Waals surface area contributed by atoms with Gasteiger partial charge in [0.2, 0.25) is 11.8 Å². The van der Waals surface area contributed by atoms with E-state index in [1.165, 1.54) is 12.8 Å². The van der Waals surface area contributed by atoms with E-state index in [1.54, 1.807) is 25.0 Å². The standard InChI is InChI=1S/C22H27N3O5/c1-14-9-20(24-30-14)23-21(26)13-25-12-16(11-22(25)27)15-7-8-18(28-2)19(10-15)29-17-5-3-4-6-17/h7-10,16-17H,3-6,11-13H2,1-2H3,(H,23,24,26). The summed E-state index contributed by atoms with van der Waals surface area (Å²) in [5, 5.41) is 6.40. The van der Waals surface area contributed by atoms with E-state index in [1.807, 2.05) is 18.2 Å². The smallest absolute Gasteiger partial charge is 0.245 e. The van der Waals surface area contributed by atoms with E-state index in [0.29, 0.717) is 30.3 Å². The van der Waals surface area contributed by atoms with Crippen molar-refractivity contribution < 1.29 is 23.6 Å². The van der Waals surface area contributed by atoms with Gasteiger partial charge in [-0.2, -0.15) is 0 Å². The second-order valence-electron chi connectivity index (χ2n) is 7.98. The average molecular weight is 413 g/mol. The van der Waals surface area contributed by atoms with Crippen LogP contribution < -0.4 is 14.8 Å². The number of aromatic nitrogens is 1. The largest absolute Gasteiger partial charge is 0.493 e. The van der Waals surface area contributed by atoms with Gasteiger partial charge in [0.25, 0.3) is 0 Å². The molecule has 1 aliphatic carbocycles. The molecule has 1 saturated heterocycles. The number of nitrogens with zero attached hydrogens (tertiary/aromatic N) is 2. The van der Waals surface area contributed by atoms with E-state index < -0.39 is 0 Å². The van der Waals surface area contributed by atoms with Crippen LogP contribution in [0.4, 0.5) is 5.82 Å². The molecule has 1 aromatic carbocycles. The number of carbonyl (C=O) groups excluding carboxylic acids is 2. The zero-order valence-corrected chi connectivity index (χ0v) is 17.3. The van der Waals surface area contributed by atoms with Crippen LogP contribution in [0.25, 0.3) is 0 Å². The minimum absolute atomic E-state index is 0.0106. The quantitative estimate of drug-likeness (QED) is 0.749. The predicted molar refractivity (Wildman–Crippen MR) is 110 cm³/mol. The molecule has 0 bridgehead atoms. The summed E-state index contributed by atoms with van der Waals surface area (Å²) in [6, 6.07) is 7.49. The molecule has 2 aromatic rings. The topological polar surface area (TPSA) is 93.9 Å². The van der Waals surface area contributed by atoms with Crippen LogP contribution in [0.2, 0.25) is 0 Å². The zero-order chi connectivity index (χ0) is 21.1. The van der Waals surface area contributed by atoms with Gasteiger partial charge in [0.1, 0.15) is 5.76 Å². The Morgan fingerprint density at radius 2 is 2.07 bits per heavy atom. The van der Waals surface area contributed by atoms with Crippen LogP contribution >= 0.6 is 0 Å². The Kier molecular flexibility index (Phi) is 5.92. The Bertz CT molecular complexity index is 919. The zero-order valence-electron chi connectivity index (χ0n) is 17.3. The summed E-state index contributed by atoms with van der Waals surface area (Å²) in [6.07, 6.45) is 5.08. The van der Waals surface area contributed by atoms with Gasteiger partial charge in [0.05, 0.1) is 19.8 Å². The molecular weight excluding hydrogens is 386 g/mol. The van der Waals surface area contributed by atoms with Gasteiger partial charge in [0.15, 0.2) is 17.3 Å². The second-order valence-corrected chi connectivity index (χ2v) is 7.98. The van der Waals surface area contributed by atoms with Gasteiger partial charge in [0, 0.05) is 24.9 Å². The third-order valence-corrected chi connectivity index (χ3v) is 5.70.